The zero-order chi connectivity index (χ0) is 23.5. The van der Waals surface area contributed by atoms with Crippen LogP contribution in [0.5, 0.6) is 0 Å². The van der Waals surface area contributed by atoms with Crippen LogP contribution in [-0.2, 0) is 11.3 Å². The quantitative estimate of drug-likeness (QED) is 0.570. The number of morpholine rings is 1. The minimum atomic E-state index is -0.172. The number of amides is 1. The standard InChI is InChI=1S/C26H32N4O3/c1-16(2)24-28-26(33-29-24)22-8-6-7-17(3)23(22)27-25(31)21-11-9-20(10-12-21)15-30-13-18(4)32-19(5)14-30/h6-12,16,18-19H,13-15H2,1-5H3,(H,27,31). The number of rotatable bonds is 6. The molecule has 33 heavy (non-hydrogen) atoms. The van der Waals surface area contributed by atoms with E-state index in [0.29, 0.717) is 23.0 Å². The van der Waals surface area contributed by atoms with Crippen molar-refractivity contribution in [2.45, 2.75) is 59.3 Å². The molecule has 4 rings (SSSR count). The molecule has 1 aromatic heterocycles. The average molecular weight is 449 g/mol. The molecule has 7 nitrogen and oxygen atoms in total. The number of ether oxygens (including phenoxy) is 1. The number of anilines is 1. The molecule has 1 saturated heterocycles. The first-order valence-corrected chi connectivity index (χ1v) is 11.5. The molecule has 1 amide bonds. The monoisotopic (exact) mass is 448 g/mol. The highest BCUT2D eigenvalue weighted by Gasteiger charge is 2.22. The van der Waals surface area contributed by atoms with Gasteiger partial charge in [0.2, 0.25) is 0 Å². The maximum absolute atomic E-state index is 13.0. The fourth-order valence-corrected chi connectivity index (χ4v) is 4.21. The summed E-state index contributed by atoms with van der Waals surface area (Å²) in [6.45, 7) is 12.9. The van der Waals surface area contributed by atoms with Crippen LogP contribution in [0.4, 0.5) is 5.69 Å². The predicted molar refractivity (Wildman–Crippen MR) is 128 cm³/mol. The van der Waals surface area contributed by atoms with Crippen molar-refractivity contribution in [2.75, 3.05) is 18.4 Å². The van der Waals surface area contributed by atoms with Gasteiger partial charge in [0.1, 0.15) is 0 Å². The third-order valence-electron chi connectivity index (χ3n) is 5.82. The number of benzene rings is 2. The Labute approximate surface area is 195 Å². The Hall–Kier alpha value is -3.03. The predicted octanol–water partition coefficient (Wildman–Crippen LogP) is 5.03. The number of aromatic nitrogens is 2. The van der Waals surface area contributed by atoms with E-state index in [1.165, 1.54) is 5.56 Å². The van der Waals surface area contributed by atoms with Gasteiger partial charge in [-0.05, 0) is 50.1 Å². The molecule has 2 aromatic carbocycles. The number of hydrogen-bond acceptors (Lipinski definition) is 6. The van der Waals surface area contributed by atoms with Gasteiger partial charge >= 0.3 is 0 Å². The van der Waals surface area contributed by atoms with E-state index in [1.807, 2.05) is 63.2 Å². The van der Waals surface area contributed by atoms with E-state index in [0.717, 1.165) is 30.8 Å². The van der Waals surface area contributed by atoms with Gasteiger partial charge < -0.3 is 14.6 Å². The fourth-order valence-electron chi connectivity index (χ4n) is 4.21. The van der Waals surface area contributed by atoms with E-state index in [9.17, 15) is 4.79 Å². The second-order valence-electron chi connectivity index (χ2n) is 9.21. The highest BCUT2D eigenvalue weighted by molar-refractivity contribution is 6.06. The van der Waals surface area contributed by atoms with Crippen LogP contribution in [0, 0.1) is 6.92 Å². The van der Waals surface area contributed by atoms with Crippen LogP contribution in [0.3, 0.4) is 0 Å². The molecule has 1 fully saturated rings. The van der Waals surface area contributed by atoms with E-state index in [-0.39, 0.29) is 24.0 Å². The van der Waals surface area contributed by atoms with Crippen molar-refractivity contribution in [1.29, 1.82) is 0 Å². The number of para-hydroxylation sites is 1. The van der Waals surface area contributed by atoms with Gasteiger partial charge in [0.25, 0.3) is 11.8 Å². The lowest BCUT2D eigenvalue weighted by Crippen LogP contribution is -2.44. The third-order valence-corrected chi connectivity index (χ3v) is 5.82. The number of aryl methyl sites for hydroxylation is 1. The van der Waals surface area contributed by atoms with Crippen LogP contribution < -0.4 is 5.32 Å². The summed E-state index contributed by atoms with van der Waals surface area (Å²) >= 11 is 0. The summed E-state index contributed by atoms with van der Waals surface area (Å²) in [4.78, 5) is 19.9. The molecule has 1 aliphatic heterocycles. The first-order chi connectivity index (χ1) is 15.8. The molecular formula is C26H32N4O3. The van der Waals surface area contributed by atoms with Crippen LogP contribution >= 0.6 is 0 Å². The van der Waals surface area contributed by atoms with Gasteiger partial charge in [-0.25, -0.2) is 0 Å². The van der Waals surface area contributed by atoms with Crippen molar-refractivity contribution in [1.82, 2.24) is 15.0 Å². The van der Waals surface area contributed by atoms with Crippen molar-refractivity contribution in [2.24, 2.45) is 0 Å². The molecule has 2 heterocycles. The van der Waals surface area contributed by atoms with E-state index in [1.54, 1.807) is 0 Å². The summed E-state index contributed by atoms with van der Waals surface area (Å²) in [5, 5.41) is 7.11. The van der Waals surface area contributed by atoms with Gasteiger partial charge in [-0.1, -0.05) is 43.3 Å². The lowest BCUT2D eigenvalue weighted by Gasteiger charge is -2.35. The first kappa shape index (κ1) is 23.1. The zero-order valence-corrected chi connectivity index (χ0v) is 20.0. The average Bonchev–Trinajstić information content (AvgIpc) is 3.25. The summed E-state index contributed by atoms with van der Waals surface area (Å²) in [7, 11) is 0. The Balaban J connectivity index is 1.48. The number of carbonyl (C=O) groups is 1. The zero-order valence-electron chi connectivity index (χ0n) is 20.0. The summed E-state index contributed by atoms with van der Waals surface area (Å²) in [5.41, 5.74) is 4.11. The summed E-state index contributed by atoms with van der Waals surface area (Å²) < 4.78 is 11.3. The number of hydrogen-bond donors (Lipinski definition) is 1. The van der Waals surface area contributed by atoms with E-state index in [4.69, 9.17) is 9.26 Å². The van der Waals surface area contributed by atoms with Crippen LogP contribution in [-0.4, -0.2) is 46.2 Å². The number of carbonyl (C=O) groups excluding carboxylic acids is 1. The summed E-state index contributed by atoms with van der Waals surface area (Å²) in [6.07, 6.45) is 0.468. The van der Waals surface area contributed by atoms with Crippen LogP contribution in [0.2, 0.25) is 0 Å². The largest absolute Gasteiger partial charge is 0.373 e. The molecule has 2 unspecified atom stereocenters. The van der Waals surface area contributed by atoms with Crippen molar-refractivity contribution in [3.05, 3.63) is 65.0 Å². The lowest BCUT2D eigenvalue weighted by atomic mass is 10.1. The molecule has 1 N–H and O–H groups in total. The minimum absolute atomic E-state index is 0.160. The van der Waals surface area contributed by atoms with Crippen molar-refractivity contribution in [3.63, 3.8) is 0 Å². The highest BCUT2D eigenvalue weighted by atomic mass is 16.5. The van der Waals surface area contributed by atoms with Crippen molar-refractivity contribution in [3.8, 4) is 11.5 Å². The molecule has 174 valence electrons. The normalized spacial score (nSPS) is 19.1. The molecule has 0 bridgehead atoms. The van der Waals surface area contributed by atoms with Gasteiger partial charge in [0.15, 0.2) is 5.82 Å². The van der Waals surface area contributed by atoms with E-state index < -0.39 is 0 Å². The molecule has 0 spiro atoms. The lowest BCUT2D eigenvalue weighted by molar-refractivity contribution is -0.0704. The van der Waals surface area contributed by atoms with E-state index >= 15 is 0 Å². The molecule has 0 saturated carbocycles. The fraction of sp³-hybridized carbons (Fsp3) is 0.423. The third kappa shape index (κ3) is 5.49. The van der Waals surface area contributed by atoms with Gasteiger partial charge in [0, 0.05) is 31.1 Å². The molecule has 0 aliphatic carbocycles. The van der Waals surface area contributed by atoms with Crippen molar-refractivity contribution >= 4 is 11.6 Å². The Bertz CT molecular complexity index is 1100. The Morgan fingerprint density at radius 3 is 2.45 bits per heavy atom. The van der Waals surface area contributed by atoms with E-state index in [2.05, 4.69) is 34.2 Å². The topological polar surface area (TPSA) is 80.5 Å². The molecular weight excluding hydrogens is 416 g/mol. The Morgan fingerprint density at radius 1 is 1.12 bits per heavy atom. The van der Waals surface area contributed by atoms with Crippen LogP contribution in [0.15, 0.2) is 47.0 Å². The smallest absolute Gasteiger partial charge is 0.260 e. The SMILES string of the molecule is Cc1cccc(-c2nc(C(C)C)no2)c1NC(=O)c1ccc(CN2CC(C)OC(C)C2)cc1. The Kier molecular flexibility index (Phi) is 6.91. The van der Waals surface area contributed by atoms with Crippen LogP contribution in [0.25, 0.3) is 11.5 Å². The second-order valence-corrected chi connectivity index (χ2v) is 9.21. The second kappa shape index (κ2) is 9.85. The number of nitrogens with zero attached hydrogens (tertiary/aromatic N) is 3. The maximum Gasteiger partial charge on any atom is 0.260 e. The van der Waals surface area contributed by atoms with Crippen molar-refractivity contribution < 1.29 is 14.1 Å². The van der Waals surface area contributed by atoms with Gasteiger partial charge in [-0.2, -0.15) is 4.98 Å². The Morgan fingerprint density at radius 2 is 1.82 bits per heavy atom. The summed E-state index contributed by atoms with van der Waals surface area (Å²) in [5.74, 6) is 1.03. The molecule has 7 heteroatoms. The van der Waals surface area contributed by atoms with Gasteiger partial charge in [-0.3, -0.25) is 9.69 Å². The molecule has 3 aromatic rings. The maximum atomic E-state index is 13.0. The highest BCUT2D eigenvalue weighted by Crippen LogP contribution is 2.31. The molecule has 2 atom stereocenters. The molecule has 1 aliphatic rings. The first-order valence-electron chi connectivity index (χ1n) is 11.5. The number of nitrogens with one attached hydrogen (secondary N) is 1. The summed E-state index contributed by atoms with van der Waals surface area (Å²) in [6, 6.07) is 13.5. The van der Waals surface area contributed by atoms with Gasteiger partial charge in [0.05, 0.1) is 23.5 Å². The van der Waals surface area contributed by atoms with Crippen LogP contribution in [0.1, 0.15) is 60.9 Å². The van der Waals surface area contributed by atoms with Gasteiger partial charge in [-0.15, -0.1) is 0 Å². The minimum Gasteiger partial charge on any atom is -0.373 e. The molecule has 0 radical (unpaired) electrons.